The van der Waals surface area contributed by atoms with E-state index in [1.165, 1.54) is 41.1 Å². The van der Waals surface area contributed by atoms with Gasteiger partial charge in [0.1, 0.15) is 24.5 Å². The van der Waals surface area contributed by atoms with E-state index in [9.17, 15) is 19.2 Å². The van der Waals surface area contributed by atoms with Crippen LogP contribution in [0.4, 0.5) is 4.79 Å². The highest BCUT2D eigenvalue weighted by atomic mass is 16.7. The summed E-state index contributed by atoms with van der Waals surface area (Å²) in [6, 6.07) is 3.63. The lowest BCUT2D eigenvalue weighted by atomic mass is 9.96. The molecular formula is C21H25NO11. The monoisotopic (exact) mass is 467 g/mol. The summed E-state index contributed by atoms with van der Waals surface area (Å²) in [5.74, 6) is -0.771. The van der Waals surface area contributed by atoms with E-state index in [0.29, 0.717) is 11.5 Å². The maximum atomic E-state index is 12.5. The number of fused-ring (bicyclic) bond motifs is 1. The summed E-state index contributed by atoms with van der Waals surface area (Å²) in [6.07, 6.45) is -5.48. The molecule has 2 amide bonds. The lowest BCUT2D eigenvalue weighted by molar-refractivity contribution is -0.247. The molecule has 2 fully saturated rings. The van der Waals surface area contributed by atoms with Gasteiger partial charge in [-0.15, -0.1) is 0 Å². The summed E-state index contributed by atoms with van der Waals surface area (Å²) >= 11 is 0. The van der Waals surface area contributed by atoms with E-state index >= 15 is 0 Å². The van der Waals surface area contributed by atoms with E-state index in [-0.39, 0.29) is 12.4 Å². The number of esters is 2. The zero-order chi connectivity index (χ0) is 24.3. The largest absolute Gasteiger partial charge is 0.493 e. The van der Waals surface area contributed by atoms with Crippen molar-refractivity contribution in [2.75, 3.05) is 20.8 Å². The number of nitrogens with zero attached hydrogens (tertiary/aromatic N) is 1. The van der Waals surface area contributed by atoms with E-state index in [4.69, 9.17) is 33.2 Å². The van der Waals surface area contributed by atoms with Gasteiger partial charge in [-0.2, -0.15) is 0 Å². The molecule has 2 aliphatic rings. The summed E-state index contributed by atoms with van der Waals surface area (Å²) in [7, 11) is 2.93. The second kappa shape index (κ2) is 9.94. The highest BCUT2D eigenvalue weighted by Gasteiger charge is 2.60. The fraction of sp³-hybridized carbons (Fsp3) is 0.524. The number of carbonyl (C=O) groups is 4. The molecule has 1 unspecified atom stereocenters. The van der Waals surface area contributed by atoms with Crippen LogP contribution in [0.1, 0.15) is 20.8 Å². The maximum Gasteiger partial charge on any atom is 0.417 e. The number of methoxy groups -OCH3 is 2. The second-order valence-corrected chi connectivity index (χ2v) is 7.28. The minimum Gasteiger partial charge on any atom is -0.493 e. The van der Waals surface area contributed by atoms with Crippen molar-refractivity contribution in [3.63, 3.8) is 0 Å². The summed E-state index contributed by atoms with van der Waals surface area (Å²) in [6.45, 7) is 3.25. The van der Waals surface area contributed by atoms with Crippen LogP contribution in [0.15, 0.2) is 18.2 Å². The Morgan fingerprint density at radius 3 is 2.30 bits per heavy atom. The van der Waals surface area contributed by atoms with Gasteiger partial charge >= 0.3 is 18.0 Å². The third kappa shape index (κ3) is 5.11. The van der Waals surface area contributed by atoms with Gasteiger partial charge in [0.25, 0.3) is 0 Å². The van der Waals surface area contributed by atoms with Crippen LogP contribution in [0.5, 0.6) is 17.2 Å². The average molecular weight is 467 g/mol. The molecule has 12 nitrogen and oxygen atoms in total. The van der Waals surface area contributed by atoms with Gasteiger partial charge in [-0.05, 0) is 12.1 Å². The number of hydrogen-bond donors (Lipinski definition) is 0. The fourth-order valence-corrected chi connectivity index (χ4v) is 3.72. The highest BCUT2D eigenvalue weighted by molar-refractivity contribution is 5.92. The Labute approximate surface area is 189 Å². The van der Waals surface area contributed by atoms with Crippen LogP contribution in [-0.2, 0) is 33.3 Å². The number of imide groups is 1. The van der Waals surface area contributed by atoms with Gasteiger partial charge < -0.3 is 33.2 Å². The molecule has 0 saturated carbocycles. The van der Waals surface area contributed by atoms with Crippen molar-refractivity contribution < 1.29 is 52.3 Å². The van der Waals surface area contributed by atoms with E-state index < -0.39 is 54.6 Å². The Hall–Kier alpha value is -3.54. The Morgan fingerprint density at radius 1 is 1.03 bits per heavy atom. The molecule has 1 aromatic carbocycles. The van der Waals surface area contributed by atoms with Crippen LogP contribution in [0.2, 0.25) is 0 Å². The van der Waals surface area contributed by atoms with E-state index in [2.05, 4.69) is 0 Å². The first-order chi connectivity index (χ1) is 15.7. The quantitative estimate of drug-likeness (QED) is 0.420. The van der Waals surface area contributed by atoms with Crippen molar-refractivity contribution in [3.05, 3.63) is 18.2 Å². The van der Waals surface area contributed by atoms with Gasteiger partial charge in [0.2, 0.25) is 12.2 Å². The van der Waals surface area contributed by atoms with Crippen molar-refractivity contribution in [1.29, 1.82) is 0 Å². The summed E-state index contributed by atoms with van der Waals surface area (Å²) in [5.41, 5.74) is 0. The second-order valence-electron chi connectivity index (χ2n) is 7.28. The molecule has 0 aliphatic carbocycles. The van der Waals surface area contributed by atoms with Crippen LogP contribution in [0, 0.1) is 0 Å². The van der Waals surface area contributed by atoms with Gasteiger partial charge in [-0.3, -0.25) is 14.4 Å². The molecule has 180 valence electrons. The van der Waals surface area contributed by atoms with E-state index in [1.54, 1.807) is 12.1 Å². The normalized spacial score (nSPS) is 26.0. The number of ether oxygens (including phenoxy) is 7. The van der Waals surface area contributed by atoms with Crippen molar-refractivity contribution >= 4 is 23.9 Å². The van der Waals surface area contributed by atoms with Crippen molar-refractivity contribution in [3.8, 4) is 17.2 Å². The third-order valence-electron chi connectivity index (χ3n) is 5.05. The van der Waals surface area contributed by atoms with E-state index in [1.807, 2.05) is 0 Å². The molecule has 2 heterocycles. The molecule has 12 heteroatoms. The van der Waals surface area contributed by atoms with E-state index in [0.717, 1.165) is 4.90 Å². The molecule has 33 heavy (non-hydrogen) atoms. The lowest BCUT2D eigenvalue weighted by Crippen LogP contribution is -2.63. The Bertz CT molecular complexity index is 933. The van der Waals surface area contributed by atoms with Crippen molar-refractivity contribution in [2.45, 2.75) is 51.4 Å². The minimum absolute atomic E-state index is 0.274. The number of hydrogen-bond acceptors (Lipinski definition) is 11. The predicted molar refractivity (Wildman–Crippen MR) is 108 cm³/mol. The van der Waals surface area contributed by atoms with Crippen LogP contribution in [0.3, 0.4) is 0 Å². The molecule has 0 radical (unpaired) electrons. The smallest absolute Gasteiger partial charge is 0.417 e. The first-order valence-electron chi connectivity index (χ1n) is 10.0. The first kappa shape index (κ1) is 24.1. The molecule has 2 saturated heterocycles. The van der Waals surface area contributed by atoms with Crippen molar-refractivity contribution in [2.24, 2.45) is 0 Å². The van der Waals surface area contributed by atoms with Crippen LogP contribution < -0.4 is 14.2 Å². The molecular weight excluding hydrogens is 442 g/mol. The summed E-state index contributed by atoms with van der Waals surface area (Å²) < 4.78 is 38.2. The predicted octanol–water partition coefficient (Wildman–Crippen LogP) is 1.04. The lowest BCUT2D eigenvalue weighted by Gasteiger charge is -2.42. The number of amides is 2. The topological polar surface area (TPSA) is 136 Å². The molecule has 0 N–H and O–H groups in total. The fourth-order valence-electron chi connectivity index (χ4n) is 3.72. The molecule has 1 aromatic rings. The third-order valence-corrected chi connectivity index (χ3v) is 5.05. The number of rotatable bonds is 7. The number of benzene rings is 1. The standard InChI is InChI=1S/C21H25NO11/c1-10(23)22-17-19(33-21(22)26)18(30-12(3)25)16(9-29-11(2)24)32-20(17)31-13-6-7-14(27-4)15(8-13)28-5/h6-8,16-20H,9H2,1-5H3/t16-,17-,18-,19-,20?/m1/s1. The van der Waals surface area contributed by atoms with Crippen LogP contribution >= 0.6 is 0 Å². The molecule has 0 bridgehead atoms. The van der Waals surface area contributed by atoms with Gasteiger partial charge in [0, 0.05) is 26.8 Å². The maximum absolute atomic E-state index is 12.5. The molecule has 0 aromatic heterocycles. The molecule has 0 spiro atoms. The summed E-state index contributed by atoms with van der Waals surface area (Å²) in [4.78, 5) is 48.6. The average Bonchev–Trinajstić information content (AvgIpc) is 3.11. The highest BCUT2D eigenvalue weighted by Crippen LogP contribution is 2.37. The van der Waals surface area contributed by atoms with Gasteiger partial charge in [-0.25, -0.2) is 9.69 Å². The first-order valence-corrected chi connectivity index (χ1v) is 10.0. The Kier molecular flexibility index (Phi) is 7.26. The molecule has 2 aliphatic heterocycles. The van der Waals surface area contributed by atoms with Gasteiger partial charge in [-0.1, -0.05) is 0 Å². The van der Waals surface area contributed by atoms with Gasteiger partial charge in [0.05, 0.1) is 14.2 Å². The van der Waals surface area contributed by atoms with Crippen molar-refractivity contribution in [1.82, 2.24) is 4.90 Å². The number of carbonyl (C=O) groups excluding carboxylic acids is 4. The minimum atomic E-state index is -1.24. The Morgan fingerprint density at radius 2 is 1.73 bits per heavy atom. The zero-order valence-electron chi connectivity index (χ0n) is 18.8. The zero-order valence-corrected chi connectivity index (χ0v) is 18.8. The molecule has 3 rings (SSSR count). The SMILES string of the molecule is COc1ccc(OC2O[C@H](COC(C)=O)[C@@H](OC(C)=O)[C@@H]3OC(=O)N(C(C)=O)[C@@H]23)cc1OC. The van der Waals surface area contributed by atoms with Gasteiger partial charge in [0.15, 0.2) is 23.7 Å². The molecule has 5 atom stereocenters. The summed E-state index contributed by atoms with van der Waals surface area (Å²) in [5, 5.41) is 0. The Balaban J connectivity index is 1.97. The van der Waals surface area contributed by atoms with Crippen LogP contribution in [0.25, 0.3) is 0 Å². The van der Waals surface area contributed by atoms with Crippen LogP contribution in [-0.4, -0.2) is 80.3 Å².